The van der Waals surface area contributed by atoms with Crippen molar-refractivity contribution in [1.29, 1.82) is 0 Å². The molecule has 0 saturated carbocycles. The number of benzene rings is 1. The number of thiophene rings is 1. The van der Waals surface area contributed by atoms with Gasteiger partial charge >= 0.3 is 5.97 Å². The van der Waals surface area contributed by atoms with Crippen LogP contribution in [0, 0.1) is 6.92 Å². The van der Waals surface area contributed by atoms with Crippen molar-refractivity contribution in [2.75, 3.05) is 0 Å². The normalized spacial score (nSPS) is 11.5. The van der Waals surface area contributed by atoms with Crippen LogP contribution in [-0.4, -0.2) is 11.1 Å². The van der Waals surface area contributed by atoms with Gasteiger partial charge in [-0.3, -0.25) is 4.79 Å². The summed E-state index contributed by atoms with van der Waals surface area (Å²) >= 11 is 1.55. The smallest absolute Gasteiger partial charge is 0.314 e. The molecule has 0 atom stereocenters. The molecule has 1 N–H and O–H groups in total. The van der Waals surface area contributed by atoms with Crippen LogP contribution in [0.15, 0.2) is 36.4 Å². The van der Waals surface area contributed by atoms with Gasteiger partial charge in [-0.15, -0.1) is 11.3 Å². The van der Waals surface area contributed by atoms with Gasteiger partial charge in [-0.25, -0.2) is 0 Å². The number of rotatable bonds is 3. The highest BCUT2D eigenvalue weighted by molar-refractivity contribution is 7.15. The molecular formula is C15H16O2S. The lowest BCUT2D eigenvalue weighted by Gasteiger charge is -2.16. The highest BCUT2D eigenvalue weighted by Gasteiger charge is 2.31. The van der Waals surface area contributed by atoms with Crippen LogP contribution in [0.2, 0.25) is 0 Å². The lowest BCUT2D eigenvalue weighted by molar-refractivity contribution is -0.142. The molecule has 3 heteroatoms. The van der Waals surface area contributed by atoms with Crippen LogP contribution in [-0.2, 0) is 10.2 Å². The number of carboxylic acid groups (broad SMARTS) is 1. The maximum atomic E-state index is 11.2. The van der Waals surface area contributed by atoms with Crippen LogP contribution in [0.5, 0.6) is 0 Å². The van der Waals surface area contributed by atoms with Crippen LogP contribution in [0.3, 0.4) is 0 Å². The SMILES string of the molecule is Cc1ccccc1-c1ccc(C(C)(C)C(=O)O)s1. The molecule has 0 amide bonds. The summed E-state index contributed by atoms with van der Waals surface area (Å²) in [6.45, 7) is 5.54. The van der Waals surface area contributed by atoms with Crippen LogP contribution in [0.1, 0.15) is 24.3 Å². The standard InChI is InChI=1S/C15H16O2S/c1-10-6-4-5-7-11(10)12-8-9-13(18-12)15(2,3)14(16)17/h4-9H,1-3H3,(H,16,17). The molecule has 94 valence electrons. The summed E-state index contributed by atoms with van der Waals surface area (Å²) in [6.07, 6.45) is 0. The fourth-order valence-electron chi connectivity index (χ4n) is 1.77. The van der Waals surface area contributed by atoms with E-state index in [2.05, 4.69) is 19.1 Å². The summed E-state index contributed by atoms with van der Waals surface area (Å²) in [5, 5.41) is 9.24. The van der Waals surface area contributed by atoms with Gasteiger partial charge in [0.2, 0.25) is 0 Å². The van der Waals surface area contributed by atoms with E-state index in [1.807, 2.05) is 24.3 Å². The zero-order valence-electron chi connectivity index (χ0n) is 10.7. The summed E-state index contributed by atoms with van der Waals surface area (Å²) in [5.74, 6) is -0.791. The maximum Gasteiger partial charge on any atom is 0.314 e. The average molecular weight is 260 g/mol. The van der Waals surface area contributed by atoms with E-state index in [9.17, 15) is 9.90 Å². The van der Waals surface area contributed by atoms with Gasteiger partial charge in [0, 0.05) is 9.75 Å². The van der Waals surface area contributed by atoms with Crippen molar-refractivity contribution in [3.05, 3.63) is 46.8 Å². The number of hydrogen-bond donors (Lipinski definition) is 1. The Kier molecular flexibility index (Phi) is 3.26. The first-order valence-corrected chi connectivity index (χ1v) is 6.64. The zero-order chi connectivity index (χ0) is 13.3. The van der Waals surface area contributed by atoms with Gasteiger partial charge in [0.15, 0.2) is 0 Å². The van der Waals surface area contributed by atoms with Crippen molar-refractivity contribution in [1.82, 2.24) is 0 Å². The molecule has 0 spiro atoms. The molecule has 0 aliphatic rings. The molecule has 0 aliphatic carbocycles. The van der Waals surface area contributed by atoms with E-state index in [1.54, 1.807) is 25.2 Å². The third kappa shape index (κ3) is 2.18. The van der Waals surface area contributed by atoms with Crippen LogP contribution in [0.25, 0.3) is 10.4 Å². The fourth-order valence-corrected chi connectivity index (χ4v) is 2.96. The second kappa shape index (κ2) is 4.58. The molecular weight excluding hydrogens is 244 g/mol. The van der Waals surface area contributed by atoms with Crippen LogP contribution >= 0.6 is 11.3 Å². The second-order valence-electron chi connectivity index (χ2n) is 4.91. The minimum atomic E-state index is -0.828. The topological polar surface area (TPSA) is 37.3 Å². The van der Waals surface area contributed by atoms with Crippen molar-refractivity contribution in [3.63, 3.8) is 0 Å². The molecule has 0 bridgehead atoms. The molecule has 0 aliphatic heterocycles. The monoisotopic (exact) mass is 260 g/mol. The van der Waals surface area contributed by atoms with E-state index in [0.717, 1.165) is 9.75 Å². The summed E-state index contributed by atoms with van der Waals surface area (Å²) in [7, 11) is 0. The van der Waals surface area contributed by atoms with E-state index in [0.29, 0.717) is 0 Å². The molecule has 1 aromatic carbocycles. The molecule has 18 heavy (non-hydrogen) atoms. The predicted molar refractivity (Wildman–Crippen MR) is 75.2 cm³/mol. The first kappa shape index (κ1) is 12.8. The Labute approximate surface area is 111 Å². The van der Waals surface area contributed by atoms with Crippen molar-refractivity contribution in [2.45, 2.75) is 26.2 Å². The highest BCUT2D eigenvalue weighted by atomic mass is 32.1. The average Bonchev–Trinajstić information content (AvgIpc) is 2.79. The zero-order valence-corrected chi connectivity index (χ0v) is 11.5. The Bertz CT molecular complexity index is 582. The minimum Gasteiger partial charge on any atom is -0.481 e. The molecule has 2 aromatic rings. The summed E-state index contributed by atoms with van der Waals surface area (Å²) in [5.41, 5.74) is 1.56. The summed E-state index contributed by atoms with van der Waals surface area (Å²) < 4.78 is 0. The van der Waals surface area contributed by atoms with Gasteiger partial charge in [-0.05, 0) is 44.0 Å². The van der Waals surface area contributed by atoms with Crippen molar-refractivity contribution >= 4 is 17.3 Å². The van der Waals surface area contributed by atoms with E-state index in [1.165, 1.54) is 11.1 Å². The van der Waals surface area contributed by atoms with Crippen molar-refractivity contribution < 1.29 is 9.90 Å². The second-order valence-corrected chi connectivity index (χ2v) is 5.99. The maximum absolute atomic E-state index is 11.2. The lowest BCUT2D eigenvalue weighted by atomic mass is 9.92. The number of aryl methyl sites for hydroxylation is 1. The number of aliphatic carboxylic acids is 1. The van der Waals surface area contributed by atoms with Gasteiger partial charge in [0.25, 0.3) is 0 Å². The minimum absolute atomic E-state index is 0.791. The molecule has 2 rings (SSSR count). The molecule has 1 heterocycles. The van der Waals surface area contributed by atoms with Gasteiger partial charge in [0.1, 0.15) is 0 Å². The Morgan fingerprint density at radius 2 is 1.83 bits per heavy atom. The van der Waals surface area contributed by atoms with E-state index in [4.69, 9.17) is 0 Å². The van der Waals surface area contributed by atoms with Crippen molar-refractivity contribution in [3.8, 4) is 10.4 Å². The van der Waals surface area contributed by atoms with E-state index in [-0.39, 0.29) is 0 Å². The lowest BCUT2D eigenvalue weighted by Crippen LogP contribution is -2.27. The number of hydrogen-bond acceptors (Lipinski definition) is 2. The highest BCUT2D eigenvalue weighted by Crippen LogP contribution is 2.36. The summed E-state index contributed by atoms with van der Waals surface area (Å²) in [6, 6.07) is 12.1. The molecule has 0 saturated heterocycles. The Morgan fingerprint density at radius 1 is 1.17 bits per heavy atom. The Hall–Kier alpha value is -1.61. The third-order valence-corrected chi connectivity index (χ3v) is 4.61. The van der Waals surface area contributed by atoms with E-state index < -0.39 is 11.4 Å². The summed E-state index contributed by atoms with van der Waals surface area (Å²) in [4.78, 5) is 13.2. The van der Waals surface area contributed by atoms with Gasteiger partial charge in [-0.1, -0.05) is 24.3 Å². The molecule has 0 unspecified atom stereocenters. The molecule has 0 fully saturated rings. The Morgan fingerprint density at radius 3 is 2.44 bits per heavy atom. The van der Waals surface area contributed by atoms with Gasteiger partial charge in [-0.2, -0.15) is 0 Å². The van der Waals surface area contributed by atoms with Crippen LogP contribution < -0.4 is 0 Å². The van der Waals surface area contributed by atoms with Gasteiger partial charge < -0.3 is 5.11 Å². The largest absolute Gasteiger partial charge is 0.481 e. The van der Waals surface area contributed by atoms with Crippen LogP contribution in [0.4, 0.5) is 0 Å². The molecule has 0 radical (unpaired) electrons. The van der Waals surface area contributed by atoms with Gasteiger partial charge in [0.05, 0.1) is 5.41 Å². The van der Waals surface area contributed by atoms with Crippen molar-refractivity contribution in [2.24, 2.45) is 0 Å². The number of carboxylic acids is 1. The van der Waals surface area contributed by atoms with E-state index >= 15 is 0 Å². The number of carbonyl (C=O) groups is 1. The first-order valence-electron chi connectivity index (χ1n) is 5.82. The predicted octanol–water partition coefficient (Wildman–Crippen LogP) is 4.09. The third-order valence-electron chi connectivity index (χ3n) is 3.17. The Balaban J connectivity index is 2.44. The quantitative estimate of drug-likeness (QED) is 0.902. The fraction of sp³-hybridized carbons (Fsp3) is 0.267. The first-order chi connectivity index (χ1) is 8.43. The molecule has 1 aromatic heterocycles. The molecule has 2 nitrogen and oxygen atoms in total.